The van der Waals surface area contributed by atoms with Crippen LogP contribution in [0.2, 0.25) is 0 Å². The number of anilines is 1. The summed E-state index contributed by atoms with van der Waals surface area (Å²) in [5.74, 6) is 0.664. The highest BCUT2D eigenvalue weighted by atomic mass is 32.2. The first-order chi connectivity index (χ1) is 8.48. The van der Waals surface area contributed by atoms with E-state index in [9.17, 15) is 8.42 Å². The zero-order valence-electron chi connectivity index (χ0n) is 11.0. The number of hydrogen-bond donors (Lipinski definition) is 1. The van der Waals surface area contributed by atoms with Crippen LogP contribution in [0.4, 0.5) is 5.69 Å². The lowest BCUT2D eigenvalue weighted by Crippen LogP contribution is -2.24. The molecule has 0 bridgehead atoms. The van der Waals surface area contributed by atoms with Crippen molar-refractivity contribution in [3.05, 3.63) is 24.3 Å². The van der Waals surface area contributed by atoms with E-state index in [1.165, 1.54) is 31.9 Å². The van der Waals surface area contributed by atoms with Crippen molar-refractivity contribution in [3.8, 4) is 0 Å². The Morgan fingerprint density at radius 1 is 1.22 bits per heavy atom. The molecule has 4 heteroatoms. The van der Waals surface area contributed by atoms with E-state index < -0.39 is 9.84 Å². The smallest absolute Gasteiger partial charge is 0.177 e. The summed E-state index contributed by atoms with van der Waals surface area (Å²) in [5.41, 5.74) is 0.736. The van der Waals surface area contributed by atoms with Crippen LogP contribution in [0.25, 0.3) is 0 Å². The number of hydrogen-bond acceptors (Lipinski definition) is 3. The van der Waals surface area contributed by atoms with Crippen LogP contribution < -0.4 is 5.32 Å². The van der Waals surface area contributed by atoms with Gasteiger partial charge in [-0.1, -0.05) is 25.0 Å². The molecule has 1 saturated carbocycles. The van der Waals surface area contributed by atoms with E-state index in [1.807, 2.05) is 12.1 Å². The summed E-state index contributed by atoms with van der Waals surface area (Å²) in [6, 6.07) is 7.48. The quantitative estimate of drug-likeness (QED) is 0.912. The maximum atomic E-state index is 11.7. The summed E-state index contributed by atoms with van der Waals surface area (Å²) in [6.45, 7) is 2.15. The molecule has 0 aromatic heterocycles. The van der Waals surface area contributed by atoms with Gasteiger partial charge in [0.2, 0.25) is 0 Å². The first-order valence-electron chi connectivity index (χ1n) is 6.54. The normalized spacial score (nSPS) is 18.8. The van der Waals surface area contributed by atoms with Crippen LogP contribution in [-0.2, 0) is 9.84 Å². The van der Waals surface area contributed by atoms with Gasteiger partial charge in [-0.2, -0.15) is 0 Å². The maximum absolute atomic E-state index is 11.7. The van der Waals surface area contributed by atoms with Crippen molar-refractivity contribution >= 4 is 15.5 Å². The second-order valence-corrected chi connectivity index (χ2v) is 7.23. The highest BCUT2D eigenvalue weighted by Gasteiger charge is 2.22. The minimum Gasteiger partial charge on any atom is -0.381 e. The summed E-state index contributed by atoms with van der Waals surface area (Å²) < 4.78 is 23.4. The Balaban J connectivity index is 2.18. The summed E-state index contributed by atoms with van der Waals surface area (Å²) in [6.07, 6.45) is 6.34. The lowest BCUT2D eigenvalue weighted by Gasteiger charge is -2.22. The number of nitrogens with one attached hydrogen (secondary N) is 1. The monoisotopic (exact) mass is 267 g/mol. The Hall–Kier alpha value is -1.03. The van der Waals surface area contributed by atoms with E-state index >= 15 is 0 Å². The van der Waals surface area contributed by atoms with Crippen LogP contribution >= 0.6 is 0 Å². The second-order valence-electron chi connectivity index (χ2n) is 5.25. The predicted molar refractivity (Wildman–Crippen MR) is 74.6 cm³/mol. The molecule has 0 amide bonds. The van der Waals surface area contributed by atoms with Crippen LogP contribution in [0.15, 0.2) is 29.2 Å². The van der Waals surface area contributed by atoms with Crippen LogP contribution in [-0.4, -0.2) is 20.7 Å². The van der Waals surface area contributed by atoms with Crippen molar-refractivity contribution < 1.29 is 8.42 Å². The van der Waals surface area contributed by atoms with Gasteiger partial charge in [-0.15, -0.1) is 0 Å². The summed E-state index contributed by atoms with van der Waals surface area (Å²) >= 11 is 0. The molecule has 1 aliphatic rings. The molecule has 1 atom stereocenters. The topological polar surface area (TPSA) is 46.2 Å². The highest BCUT2D eigenvalue weighted by Crippen LogP contribution is 2.30. The predicted octanol–water partition coefficient (Wildman–Crippen LogP) is 3.08. The van der Waals surface area contributed by atoms with Crippen LogP contribution in [0.3, 0.4) is 0 Å². The Morgan fingerprint density at radius 3 is 2.44 bits per heavy atom. The minimum atomic E-state index is -3.17. The van der Waals surface area contributed by atoms with E-state index in [1.54, 1.807) is 12.1 Å². The van der Waals surface area contributed by atoms with Gasteiger partial charge in [0.05, 0.1) is 10.6 Å². The largest absolute Gasteiger partial charge is 0.381 e. The molecule has 18 heavy (non-hydrogen) atoms. The van der Waals surface area contributed by atoms with Crippen molar-refractivity contribution in [1.29, 1.82) is 0 Å². The molecule has 0 radical (unpaired) electrons. The average Bonchev–Trinajstić information content (AvgIpc) is 2.81. The lowest BCUT2D eigenvalue weighted by atomic mass is 9.99. The van der Waals surface area contributed by atoms with E-state index in [0.717, 1.165) is 5.69 Å². The first-order valence-corrected chi connectivity index (χ1v) is 8.43. The molecule has 1 aromatic rings. The van der Waals surface area contributed by atoms with Crippen molar-refractivity contribution in [3.63, 3.8) is 0 Å². The van der Waals surface area contributed by atoms with Crippen LogP contribution in [0, 0.1) is 5.92 Å². The van der Waals surface area contributed by atoms with Gasteiger partial charge in [0.25, 0.3) is 0 Å². The summed E-state index contributed by atoms with van der Waals surface area (Å²) in [4.78, 5) is 0.398. The fourth-order valence-electron chi connectivity index (χ4n) is 2.73. The third-order valence-electron chi connectivity index (χ3n) is 3.78. The zero-order chi connectivity index (χ0) is 13.2. The highest BCUT2D eigenvalue weighted by molar-refractivity contribution is 7.90. The molecule has 0 saturated heterocycles. The van der Waals surface area contributed by atoms with Crippen molar-refractivity contribution in [2.45, 2.75) is 43.5 Å². The molecule has 1 aliphatic carbocycles. The van der Waals surface area contributed by atoms with Crippen molar-refractivity contribution in [1.82, 2.24) is 0 Å². The summed E-state index contributed by atoms with van der Waals surface area (Å²) in [5, 5.41) is 3.38. The van der Waals surface area contributed by atoms with E-state index in [4.69, 9.17) is 0 Å². The maximum Gasteiger partial charge on any atom is 0.177 e. The number of sulfone groups is 1. The van der Waals surface area contributed by atoms with Gasteiger partial charge in [0, 0.05) is 12.3 Å². The SMILES string of the molecule is CC(Nc1ccccc1S(C)(=O)=O)C1CCCC1. The molecule has 1 aromatic carbocycles. The van der Waals surface area contributed by atoms with Gasteiger partial charge in [-0.05, 0) is 37.8 Å². The second kappa shape index (κ2) is 5.31. The Labute approximate surface area is 110 Å². The van der Waals surface area contributed by atoms with E-state index in [-0.39, 0.29) is 0 Å². The van der Waals surface area contributed by atoms with Crippen LogP contribution in [0.5, 0.6) is 0 Å². The third-order valence-corrected chi connectivity index (χ3v) is 4.93. The molecule has 1 N–H and O–H groups in total. The number of para-hydroxylation sites is 1. The molecule has 0 spiro atoms. The summed E-state index contributed by atoms with van der Waals surface area (Å²) in [7, 11) is -3.17. The molecule has 0 aliphatic heterocycles. The van der Waals surface area contributed by atoms with E-state index in [0.29, 0.717) is 16.9 Å². The van der Waals surface area contributed by atoms with Gasteiger partial charge in [-0.25, -0.2) is 8.42 Å². The fraction of sp³-hybridized carbons (Fsp3) is 0.571. The first kappa shape index (κ1) is 13.4. The molecule has 1 unspecified atom stereocenters. The molecule has 3 nitrogen and oxygen atoms in total. The fourth-order valence-corrected chi connectivity index (χ4v) is 3.58. The van der Waals surface area contributed by atoms with Gasteiger partial charge >= 0.3 is 0 Å². The molecular weight excluding hydrogens is 246 g/mol. The minimum absolute atomic E-state index is 0.329. The molecule has 1 fully saturated rings. The van der Waals surface area contributed by atoms with Gasteiger partial charge in [0.1, 0.15) is 0 Å². The third kappa shape index (κ3) is 3.05. The van der Waals surface area contributed by atoms with Gasteiger partial charge in [-0.3, -0.25) is 0 Å². The Kier molecular flexibility index (Phi) is 3.95. The zero-order valence-corrected chi connectivity index (χ0v) is 11.8. The van der Waals surface area contributed by atoms with Crippen LogP contribution in [0.1, 0.15) is 32.6 Å². The molecule has 2 rings (SSSR count). The van der Waals surface area contributed by atoms with Gasteiger partial charge in [0.15, 0.2) is 9.84 Å². The average molecular weight is 267 g/mol. The van der Waals surface area contributed by atoms with Gasteiger partial charge < -0.3 is 5.32 Å². The number of rotatable bonds is 4. The molecule has 100 valence electrons. The Morgan fingerprint density at radius 2 is 1.83 bits per heavy atom. The van der Waals surface area contributed by atoms with E-state index in [2.05, 4.69) is 12.2 Å². The van der Waals surface area contributed by atoms with Crippen molar-refractivity contribution in [2.75, 3.05) is 11.6 Å². The number of benzene rings is 1. The molecular formula is C14H21NO2S. The van der Waals surface area contributed by atoms with Crippen molar-refractivity contribution in [2.24, 2.45) is 5.92 Å². The standard InChI is InChI=1S/C14H21NO2S/c1-11(12-7-3-4-8-12)15-13-9-5-6-10-14(13)18(2,16)17/h5-6,9-12,15H,3-4,7-8H2,1-2H3. The molecule has 0 heterocycles. The Bertz CT molecular complexity index is 504. The lowest BCUT2D eigenvalue weighted by molar-refractivity contribution is 0.481.